The number of benzene rings is 1. The molecule has 1 rings (SSSR count). The Kier molecular flexibility index (Phi) is 8.45. The molecule has 2 atom stereocenters. The number of ether oxygens (including phenoxy) is 2. The Labute approximate surface area is 167 Å². The first-order valence-electron chi connectivity index (χ1n) is 9.44. The number of hydrogen-bond acceptors (Lipinski definition) is 5. The Bertz CT molecular complexity index is 644. The first kappa shape index (κ1) is 23.9. The summed E-state index contributed by atoms with van der Waals surface area (Å²) in [6.45, 7) is 12.6. The molecule has 0 radical (unpaired) electrons. The highest BCUT2D eigenvalue weighted by Crippen LogP contribution is 2.22. The fraction of sp³-hybridized carbons (Fsp3) is 0.619. The molecule has 0 bridgehead atoms. The SMILES string of the molecule is CC(C)(C)CC(NC(=O)C(N)c1ccc(OCCOC(C)(C)C)cc1)C(=O)O. The molecule has 0 saturated carbocycles. The van der Waals surface area contributed by atoms with Crippen molar-refractivity contribution in [2.75, 3.05) is 13.2 Å². The van der Waals surface area contributed by atoms with Crippen molar-refractivity contribution in [3.8, 4) is 5.75 Å². The van der Waals surface area contributed by atoms with Crippen LogP contribution in [-0.4, -0.2) is 41.8 Å². The summed E-state index contributed by atoms with van der Waals surface area (Å²) in [6.07, 6.45) is 0.310. The maximum absolute atomic E-state index is 12.4. The highest BCUT2D eigenvalue weighted by molar-refractivity contribution is 5.87. The third-order valence-corrected chi connectivity index (χ3v) is 3.84. The van der Waals surface area contributed by atoms with E-state index in [4.69, 9.17) is 15.2 Å². The van der Waals surface area contributed by atoms with Crippen LogP contribution in [0.3, 0.4) is 0 Å². The molecule has 0 aromatic heterocycles. The van der Waals surface area contributed by atoms with Crippen LogP contribution >= 0.6 is 0 Å². The van der Waals surface area contributed by atoms with Crippen molar-refractivity contribution in [3.63, 3.8) is 0 Å². The number of carbonyl (C=O) groups excluding carboxylic acids is 1. The second kappa shape index (κ2) is 9.89. The fourth-order valence-electron chi connectivity index (χ4n) is 2.50. The number of hydrogen-bond donors (Lipinski definition) is 3. The molecule has 1 aromatic carbocycles. The van der Waals surface area contributed by atoms with Gasteiger partial charge in [0, 0.05) is 0 Å². The van der Waals surface area contributed by atoms with Crippen molar-refractivity contribution in [3.05, 3.63) is 29.8 Å². The first-order chi connectivity index (χ1) is 12.8. The van der Waals surface area contributed by atoms with Gasteiger partial charge < -0.3 is 25.6 Å². The van der Waals surface area contributed by atoms with Gasteiger partial charge in [0.05, 0.1) is 12.2 Å². The summed E-state index contributed by atoms with van der Waals surface area (Å²) in [6, 6.07) is 4.91. The molecule has 0 fully saturated rings. The lowest BCUT2D eigenvalue weighted by molar-refractivity contribution is -0.142. The van der Waals surface area contributed by atoms with Crippen LogP contribution in [0.15, 0.2) is 24.3 Å². The quantitative estimate of drug-likeness (QED) is 0.556. The van der Waals surface area contributed by atoms with Crippen LogP contribution < -0.4 is 15.8 Å². The summed E-state index contributed by atoms with van der Waals surface area (Å²) in [7, 11) is 0. The minimum atomic E-state index is -1.07. The molecule has 158 valence electrons. The van der Waals surface area contributed by atoms with Gasteiger partial charge in [0.15, 0.2) is 0 Å². The van der Waals surface area contributed by atoms with E-state index in [0.29, 0.717) is 30.9 Å². The van der Waals surface area contributed by atoms with E-state index in [1.54, 1.807) is 24.3 Å². The van der Waals surface area contributed by atoms with Gasteiger partial charge in [-0.3, -0.25) is 4.79 Å². The van der Waals surface area contributed by atoms with Gasteiger partial charge in [0.2, 0.25) is 5.91 Å². The van der Waals surface area contributed by atoms with Crippen LogP contribution in [0.2, 0.25) is 0 Å². The Morgan fingerprint density at radius 2 is 1.64 bits per heavy atom. The van der Waals surface area contributed by atoms with Gasteiger partial charge >= 0.3 is 5.97 Å². The van der Waals surface area contributed by atoms with Crippen molar-refractivity contribution >= 4 is 11.9 Å². The number of nitrogens with two attached hydrogens (primary N) is 1. The Balaban J connectivity index is 2.62. The summed E-state index contributed by atoms with van der Waals surface area (Å²) in [5.74, 6) is -0.953. The minimum absolute atomic E-state index is 0.214. The van der Waals surface area contributed by atoms with Crippen molar-refractivity contribution in [1.82, 2.24) is 5.32 Å². The lowest BCUT2D eigenvalue weighted by Crippen LogP contribution is -2.46. The molecule has 0 aliphatic heterocycles. The molecule has 0 aliphatic rings. The van der Waals surface area contributed by atoms with E-state index < -0.39 is 24.0 Å². The van der Waals surface area contributed by atoms with Gasteiger partial charge in [0.1, 0.15) is 24.4 Å². The number of rotatable bonds is 9. The van der Waals surface area contributed by atoms with E-state index in [-0.39, 0.29) is 11.0 Å². The highest BCUT2D eigenvalue weighted by atomic mass is 16.5. The maximum Gasteiger partial charge on any atom is 0.326 e. The Hall–Kier alpha value is -2.12. The van der Waals surface area contributed by atoms with E-state index in [1.165, 1.54) is 0 Å². The lowest BCUT2D eigenvalue weighted by atomic mass is 9.88. The highest BCUT2D eigenvalue weighted by Gasteiger charge is 2.28. The molecule has 0 aliphatic carbocycles. The molecule has 0 saturated heterocycles. The average Bonchev–Trinajstić information content (AvgIpc) is 2.56. The van der Waals surface area contributed by atoms with E-state index in [1.807, 2.05) is 41.5 Å². The summed E-state index contributed by atoms with van der Waals surface area (Å²) < 4.78 is 11.2. The zero-order chi connectivity index (χ0) is 21.5. The molecule has 1 amide bonds. The molecule has 2 unspecified atom stereocenters. The molecular weight excluding hydrogens is 360 g/mol. The minimum Gasteiger partial charge on any atom is -0.491 e. The van der Waals surface area contributed by atoms with E-state index in [0.717, 1.165) is 0 Å². The Morgan fingerprint density at radius 3 is 2.11 bits per heavy atom. The molecule has 1 aromatic rings. The topological polar surface area (TPSA) is 111 Å². The van der Waals surface area contributed by atoms with Crippen molar-refractivity contribution < 1.29 is 24.2 Å². The summed E-state index contributed by atoms with van der Waals surface area (Å²) in [5, 5.41) is 11.9. The van der Waals surface area contributed by atoms with Crippen LogP contribution in [0.4, 0.5) is 0 Å². The zero-order valence-electron chi connectivity index (χ0n) is 17.7. The van der Waals surface area contributed by atoms with Gasteiger partial charge in [0.25, 0.3) is 0 Å². The van der Waals surface area contributed by atoms with E-state index in [9.17, 15) is 14.7 Å². The second-order valence-corrected chi connectivity index (χ2v) is 9.02. The Morgan fingerprint density at radius 1 is 1.07 bits per heavy atom. The third-order valence-electron chi connectivity index (χ3n) is 3.84. The van der Waals surface area contributed by atoms with Crippen LogP contribution in [0.5, 0.6) is 5.75 Å². The van der Waals surface area contributed by atoms with Gasteiger partial charge in [-0.1, -0.05) is 32.9 Å². The summed E-state index contributed by atoms with van der Waals surface area (Å²) in [4.78, 5) is 23.8. The molecule has 0 spiro atoms. The molecule has 0 heterocycles. The van der Waals surface area contributed by atoms with Crippen LogP contribution in [0, 0.1) is 5.41 Å². The average molecular weight is 395 g/mol. The van der Waals surface area contributed by atoms with Crippen LogP contribution in [0.1, 0.15) is 59.6 Å². The van der Waals surface area contributed by atoms with E-state index in [2.05, 4.69) is 5.32 Å². The van der Waals surface area contributed by atoms with Crippen molar-refractivity contribution in [1.29, 1.82) is 0 Å². The van der Waals surface area contributed by atoms with Crippen LogP contribution in [-0.2, 0) is 14.3 Å². The summed E-state index contributed by atoms with van der Waals surface area (Å²) >= 11 is 0. The molecule has 7 heteroatoms. The standard InChI is InChI=1S/C21H34N2O5/c1-20(2,3)13-16(19(25)26)23-18(24)17(22)14-7-9-15(10-8-14)27-11-12-28-21(4,5)6/h7-10,16-17H,11-13,22H2,1-6H3,(H,23,24)(H,25,26). The van der Waals surface area contributed by atoms with Gasteiger partial charge in [-0.25, -0.2) is 4.79 Å². The van der Waals surface area contributed by atoms with E-state index >= 15 is 0 Å². The number of aliphatic carboxylic acids is 1. The maximum atomic E-state index is 12.4. The number of carboxylic acids is 1. The van der Waals surface area contributed by atoms with Crippen molar-refractivity contribution in [2.24, 2.45) is 11.1 Å². The predicted octanol–water partition coefficient (Wildman–Crippen LogP) is 2.89. The monoisotopic (exact) mass is 394 g/mol. The molecule has 28 heavy (non-hydrogen) atoms. The number of carbonyl (C=O) groups is 2. The first-order valence-corrected chi connectivity index (χ1v) is 9.44. The van der Waals surface area contributed by atoms with Crippen molar-refractivity contribution in [2.45, 2.75) is 65.6 Å². The largest absolute Gasteiger partial charge is 0.491 e. The zero-order valence-corrected chi connectivity index (χ0v) is 17.7. The third kappa shape index (κ3) is 9.19. The fourth-order valence-corrected chi connectivity index (χ4v) is 2.50. The predicted molar refractivity (Wildman–Crippen MR) is 108 cm³/mol. The normalized spacial score (nSPS) is 14.2. The number of carboxylic acid groups (broad SMARTS) is 1. The number of amides is 1. The smallest absolute Gasteiger partial charge is 0.326 e. The van der Waals surface area contributed by atoms with Gasteiger partial charge in [-0.15, -0.1) is 0 Å². The summed E-state index contributed by atoms with van der Waals surface area (Å²) in [5.41, 5.74) is 6.13. The number of nitrogens with one attached hydrogen (secondary N) is 1. The second-order valence-electron chi connectivity index (χ2n) is 9.02. The molecule has 7 nitrogen and oxygen atoms in total. The van der Waals surface area contributed by atoms with Gasteiger partial charge in [-0.2, -0.15) is 0 Å². The molecular formula is C21H34N2O5. The lowest BCUT2D eigenvalue weighted by Gasteiger charge is -2.25. The van der Waals surface area contributed by atoms with Gasteiger partial charge in [-0.05, 0) is 50.3 Å². The molecule has 4 N–H and O–H groups in total. The van der Waals surface area contributed by atoms with Crippen LogP contribution in [0.25, 0.3) is 0 Å².